The summed E-state index contributed by atoms with van der Waals surface area (Å²) in [5.74, 6) is -0.0444. The predicted octanol–water partition coefficient (Wildman–Crippen LogP) is 2.84. The number of hydrogen-bond donors (Lipinski definition) is 0. The van der Waals surface area contributed by atoms with Gasteiger partial charge in [-0.1, -0.05) is 13.8 Å². The predicted molar refractivity (Wildman–Crippen MR) is 48.1 cm³/mol. The highest BCUT2D eigenvalue weighted by atomic mass is 19.4. The molecule has 0 atom stereocenters. The summed E-state index contributed by atoms with van der Waals surface area (Å²) >= 11 is 0. The molecule has 86 valence electrons. The average Bonchev–Trinajstić information content (AvgIpc) is 1.95. The molecule has 0 aromatic carbocycles. The lowest BCUT2D eigenvalue weighted by molar-refractivity contribution is -0.166. The first-order valence-corrected chi connectivity index (χ1v) is 4.61. The smallest absolute Gasteiger partial charge is 0.422 e. The van der Waals surface area contributed by atoms with Crippen LogP contribution < -0.4 is 0 Å². The van der Waals surface area contributed by atoms with Gasteiger partial charge in [0.05, 0.1) is 0 Å². The fourth-order valence-electron chi connectivity index (χ4n) is 1.55. The van der Waals surface area contributed by atoms with E-state index in [9.17, 15) is 18.0 Å². The van der Waals surface area contributed by atoms with E-state index >= 15 is 0 Å². The molecule has 2 nitrogen and oxygen atoms in total. The van der Waals surface area contributed by atoms with Crippen molar-refractivity contribution in [1.82, 2.24) is 0 Å². The molecule has 0 saturated carbocycles. The van der Waals surface area contributed by atoms with Crippen molar-refractivity contribution in [2.45, 2.75) is 32.9 Å². The SMILES string of the molecule is CC1(C)CC(=O)C=C(OCC(F)(F)F)C1. The summed E-state index contributed by atoms with van der Waals surface area (Å²) in [6, 6.07) is 0. The molecule has 0 amide bonds. The van der Waals surface area contributed by atoms with Gasteiger partial charge in [-0.25, -0.2) is 0 Å². The number of ether oxygens (including phenoxy) is 1. The van der Waals surface area contributed by atoms with Crippen LogP contribution in [0.2, 0.25) is 0 Å². The summed E-state index contributed by atoms with van der Waals surface area (Å²) in [7, 11) is 0. The molecule has 0 saturated heterocycles. The Morgan fingerprint density at radius 1 is 1.40 bits per heavy atom. The number of hydrogen-bond acceptors (Lipinski definition) is 2. The highest BCUT2D eigenvalue weighted by Gasteiger charge is 2.32. The Bertz CT molecular complexity index is 290. The van der Waals surface area contributed by atoms with Gasteiger partial charge in [0, 0.05) is 18.9 Å². The van der Waals surface area contributed by atoms with Gasteiger partial charge in [-0.3, -0.25) is 4.79 Å². The molecule has 5 heteroatoms. The molecule has 0 bridgehead atoms. The number of carbonyl (C=O) groups excluding carboxylic acids is 1. The average molecular weight is 222 g/mol. The Labute approximate surface area is 86.1 Å². The van der Waals surface area contributed by atoms with Gasteiger partial charge in [0.15, 0.2) is 12.4 Å². The van der Waals surface area contributed by atoms with Crippen molar-refractivity contribution in [2.75, 3.05) is 6.61 Å². The number of carbonyl (C=O) groups is 1. The molecule has 0 unspecified atom stereocenters. The standard InChI is InChI=1S/C10H13F3O2/c1-9(2)4-7(14)3-8(5-9)15-6-10(11,12)13/h3H,4-6H2,1-2H3. The van der Waals surface area contributed by atoms with Gasteiger partial charge in [-0.05, 0) is 5.41 Å². The second-order valence-electron chi connectivity index (χ2n) is 4.50. The Morgan fingerprint density at radius 3 is 2.47 bits per heavy atom. The van der Waals surface area contributed by atoms with Crippen molar-refractivity contribution < 1.29 is 22.7 Å². The van der Waals surface area contributed by atoms with Crippen LogP contribution in [0.15, 0.2) is 11.8 Å². The molecule has 0 spiro atoms. The van der Waals surface area contributed by atoms with Crippen LogP contribution in [0.25, 0.3) is 0 Å². The van der Waals surface area contributed by atoms with Gasteiger partial charge >= 0.3 is 6.18 Å². The van der Waals surface area contributed by atoms with Crippen LogP contribution in [0.3, 0.4) is 0 Å². The third-order valence-corrected chi connectivity index (χ3v) is 2.05. The number of allylic oxidation sites excluding steroid dienone is 2. The first kappa shape index (κ1) is 12.1. The first-order chi connectivity index (χ1) is 6.68. The van der Waals surface area contributed by atoms with Gasteiger partial charge in [0.2, 0.25) is 0 Å². The summed E-state index contributed by atoms with van der Waals surface area (Å²) in [6.45, 7) is 2.33. The van der Waals surface area contributed by atoms with Gasteiger partial charge in [0.25, 0.3) is 0 Å². The van der Waals surface area contributed by atoms with Gasteiger partial charge in [-0.15, -0.1) is 0 Å². The van der Waals surface area contributed by atoms with Crippen molar-refractivity contribution in [3.8, 4) is 0 Å². The van der Waals surface area contributed by atoms with E-state index in [1.807, 2.05) is 13.8 Å². The van der Waals surface area contributed by atoms with Crippen molar-refractivity contribution in [3.63, 3.8) is 0 Å². The van der Waals surface area contributed by atoms with Crippen LogP contribution in [0.1, 0.15) is 26.7 Å². The van der Waals surface area contributed by atoms with Gasteiger partial charge < -0.3 is 4.74 Å². The molecule has 15 heavy (non-hydrogen) atoms. The molecular formula is C10H13F3O2. The van der Waals surface area contributed by atoms with E-state index < -0.39 is 12.8 Å². The number of rotatable bonds is 2. The molecule has 0 aromatic rings. The Balaban J connectivity index is 2.59. The second kappa shape index (κ2) is 3.87. The zero-order chi connectivity index (χ0) is 11.7. The quantitative estimate of drug-likeness (QED) is 0.718. The minimum atomic E-state index is -4.36. The number of ketones is 1. The van der Waals surface area contributed by atoms with E-state index in [4.69, 9.17) is 0 Å². The van der Waals surface area contributed by atoms with Crippen LogP contribution >= 0.6 is 0 Å². The molecule has 0 aliphatic heterocycles. The zero-order valence-corrected chi connectivity index (χ0v) is 8.65. The maximum atomic E-state index is 11.9. The maximum Gasteiger partial charge on any atom is 0.422 e. The van der Waals surface area contributed by atoms with Crippen LogP contribution in [-0.2, 0) is 9.53 Å². The minimum Gasteiger partial charge on any atom is -0.488 e. The van der Waals surface area contributed by atoms with E-state index in [1.165, 1.54) is 0 Å². The fraction of sp³-hybridized carbons (Fsp3) is 0.700. The summed E-state index contributed by atoms with van der Waals surface area (Å²) < 4.78 is 40.2. The van der Waals surface area contributed by atoms with Crippen molar-refractivity contribution in [2.24, 2.45) is 5.41 Å². The third-order valence-electron chi connectivity index (χ3n) is 2.05. The minimum absolute atomic E-state index is 0.133. The zero-order valence-electron chi connectivity index (χ0n) is 8.65. The molecule has 0 fully saturated rings. The fourth-order valence-corrected chi connectivity index (χ4v) is 1.55. The largest absolute Gasteiger partial charge is 0.488 e. The second-order valence-corrected chi connectivity index (χ2v) is 4.50. The van der Waals surface area contributed by atoms with E-state index in [0.717, 1.165) is 6.08 Å². The molecule has 1 aliphatic carbocycles. The van der Waals surface area contributed by atoms with Crippen LogP contribution in [0, 0.1) is 5.41 Å². The lowest BCUT2D eigenvalue weighted by Crippen LogP contribution is -2.25. The van der Waals surface area contributed by atoms with Gasteiger partial charge in [0.1, 0.15) is 5.76 Å². The maximum absolute atomic E-state index is 11.9. The molecule has 0 heterocycles. The van der Waals surface area contributed by atoms with Crippen LogP contribution in [0.4, 0.5) is 13.2 Å². The van der Waals surface area contributed by atoms with E-state index in [1.54, 1.807) is 0 Å². The molecule has 0 aromatic heterocycles. The summed E-state index contributed by atoms with van der Waals surface area (Å²) in [6.07, 6.45) is -2.47. The third kappa shape index (κ3) is 4.36. The molecular weight excluding hydrogens is 209 g/mol. The molecule has 1 aliphatic rings. The van der Waals surface area contributed by atoms with Crippen molar-refractivity contribution in [3.05, 3.63) is 11.8 Å². The molecule has 0 N–H and O–H groups in total. The summed E-state index contributed by atoms with van der Waals surface area (Å²) in [5, 5.41) is 0. The number of halogens is 3. The Hall–Kier alpha value is -1.00. The lowest BCUT2D eigenvalue weighted by Gasteiger charge is -2.28. The van der Waals surface area contributed by atoms with Crippen LogP contribution in [0.5, 0.6) is 0 Å². The Morgan fingerprint density at radius 2 is 2.00 bits per heavy atom. The molecule has 0 radical (unpaired) electrons. The summed E-state index contributed by atoms with van der Waals surface area (Å²) in [4.78, 5) is 11.2. The Kier molecular flexibility index (Phi) is 3.11. The molecule has 1 rings (SSSR count). The van der Waals surface area contributed by atoms with E-state index in [2.05, 4.69) is 4.74 Å². The van der Waals surface area contributed by atoms with E-state index in [0.29, 0.717) is 12.8 Å². The van der Waals surface area contributed by atoms with Gasteiger partial charge in [-0.2, -0.15) is 13.2 Å². The summed E-state index contributed by atoms with van der Waals surface area (Å²) in [5.41, 5.74) is -0.313. The number of alkyl halides is 3. The van der Waals surface area contributed by atoms with Crippen molar-refractivity contribution in [1.29, 1.82) is 0 Å². The van der Waals surface area contributed by atoms with E-state index in [-0.39, 0.29) is 17.0 Å². The highest BCUT2D eigenvalue weighted by molar-refractivity contribution is 5.91. The lowest BCUT2D eigenvalue weighted by atomic mass is 9.79. The first-order valence-electron chi connectivity index (χ1n) is 4.61. The van der Waals surface area contributed by atoms with Crippen molar-refractivity contribution >= 4 is 5.78 Å². The van der Waals surface area contributed by atoms with Crippen LogP contribution in [-0.4, -0.2) is 18.6 Å². The highest BCUT2D eigenvalue weighted by Crippen LogP contribution is 2.34. The normalized spacial score (nSPS) is 21.1. The topological polar surface area (TPSA) is 26.3 Å². The monoisotopic (exact) mass is 222 g/mol.